The van der Waals surface area contributed by atoms with Crippen molar-refractivity contribution in [2.24, 2.45) is 0 Å². The fourth-order valence-electron chi connectivity index (χ4n) is 1.64. The molecule has 0 aromatic rings. The van der Waals surface area contributed by atoms with E-state index in [2.05, 4.69) is 24.3 Å². The minimum absolute atomic E-state index is 0.560. The molecule has 0 bridgehead atoms. The Morgan fingerprint density at radius 2 is 2.00 bits per heavy atom. The summed E-state index contributed by atoms with van der Waals surface area (Å²) < 4.78 is 7.42. The molecule has 0 aromatic carbocycles. The van der Waals surface area contributed by atoms with E-state index in [1.807, 2.05) is 0 Å². The Hall–Kier alpha value is 0.903. The van der Waals surface area contributed by atoms with E-state index in [1.165, 1.54) is 18.4 Å². The van der Waals surface area contributed by atoms with Gasteiger partial charge in [-0.25, -0.2) is 0 Å². The van der Waals surface area contributed by atoms with Gasteiger partial charge in [-0.05, 0) is 13.8 Å². The van der Waals surface area contributed by atoms with Crippen molar-refractivity contribution in [3.8, 4) is 0 Å². The third kappa shape index (κ3) is 8.99. The fourth-order valence-corrected chi connectivity index (χ4v) is 1.64. The molecule has 1 fully saturated rings. The van der Waals surface area contributed by atoms with Gasteiger partial charge in [0.05, 0.1) is 0 Å². The monoisotopic (exact) mass is 337 g/mol. The van der Waals surface area contributed by atoms with Gasteiger partial charge in [-0.1, -0.05) is 0 Å². The van der Waals surface area contributed by atoms with Crippen LogP contribution in [-0.4, -0.2) is 36.7 Å². The van der Waals surface area contributed by atoms with Crippen LogP contribution >= 0.6 is 29.1 Å². The summed E-state index contributed by atoms with van der Waals surface area (Å²) in [6, 6.07) is 0.560. The molecular weight excluding hydrogens is 322 g/mol. The van der Waals surface area contributed by atoms with Crippen LogP contribution in [0.5, 0.6) is 0 Å². The zero-order valence-electron chi connectivity index (χ0n) is 10.1. The second-order valence-corrected chi connectivity index (χ2v) is 17.7. The first-order valence-corrected chi connectivity index (χ1v) is 17.1. The van der Waals surface area contributed by atoms with E-state index in [1.54, 1.807) is 7.11 Å². The molecule has 0 amide bonds. The minimum atomic E-state index is -2.21. The van der Waals surface area contributed by atoms with Gasteiger partial charge in [-0.3, -0.25) is 0 Å². The third-order valence-corrected chi connectivity index (χ3v) is 2.10. The van der Waals surface area contributed by atoms with Gasteiger partial charge >= 0.3 is 42.1 Å². The van der Waals surface area contributed by atoms with Crippen molar-refractivity contribution in [1.82, 2.24) is 0 Å². The maximum atomic E-state index is 5.15. The molecule has 0 spiro atoms. The number of halogens is 3. The van der Waals surface area contributed by atoms with Crippen molar-refractivity contribution in [3.05, 3.63) is 5.57 Å². The molecule has 0 unspecified atom stereocenters. The molecule has 0 radical (unpaired) electrons. The van der Waals surface area contributed by atoms with Gasteiger partial charge in [0.25, 0.3) is 0 Å². The van der Waals surface area contributed by atoms with Crippen molar-refractivity contribution in [3.63, 3.8) is 0 Å². The zero-order valence-corrected chi connectivity index (χ0v) is 15.3. The van der Waals surface area contributed by atoms with Crippen LogP contribution in [0.4, 0.5) is 0 Å². The molecule has 2 nitrogen and oxygen atoms in total. The molecular formula is C10H18Cl3NOZn. The number of ether oxygens (including phenoxy) is 1. The van der Waals surface area contributed by atoms with Gasteiger partial charge in [0.1, 0.15) is 6.61 Å². The summed E-state index contributed by atoms with van der Waals surface area (Å²) in [4.78, 5) is 0. The fraction of sp³-hybridized carbons (Fsp3) is 0.800. The number of hydrogen-bond acceptors (Lipinski definition) is 1. The van der Waals surface area contributed by atoms with E-state index < -0.39 is 13.0 Å². The molecule has 1 heterocycles. The Bertz CT molecular complexity index is 258. The number of methoxy groups -OCH3 is 1. The molecule has 1 atom stereocenters. The normalized spacial score (nSPS) is 18.6. The van der Waals surface area contributed by atoms with E-state index in [9.17, 15) is 0 Å². The topological polar surface area (TPSA) is 12.2 Å². The van der Waals surface area contributed by atoms with Crippen LogP contribution in [0.1, 0.15) is 26.7 Å². The van der Waals surface area contributed by atoms with Gasteiger partial charge in [-0.2, -0.15) is 4.58 Å². The van der Waals surface area contributed by atoms with E-state index in [0.29, 0.717) is 6.04 Å². The molecule has 0 N–H and O–H groups in total. The van der Waals surface area contributed by atoms with Crippen LogP contribution in [0.2, 0.25) is 0 Å². The van der Waals surface area contributed by atoms with Gasteiger partial charge in [0.15, 0.2) is 18.5 Å². The Morgan fingerprint density at radius 1 is 1.44 bits per heavy atom. The van der Waals surface area contributed by atoms with Crippen molar-refractivity contribution >= 4 is 34.9 Å². The summed E-state index contributed by atoms with van der Waals surface area (Å²) in [6.07, 6.45) is 2.52. The van der Waals surface area contributed by atoms with Gasteiger partial charge in [0.2, 0.25) is 0 Å². The Balaban J connectivity index is 0.000000487. The number of hydrogen-bond donors (Lipinski definition) is 0. The second-order valence-electron chi connectivity index (χ2n) is 3.86. The van der Waals surface area contributed by atoms with E-state index >= 15 is 0 Å². The SMILES string of the molecule is COC[C@@H]1CCC[N+]1=C=C(C)C.[Cl][Zn-]([Cl])[Cl]. The molecule has 16 heavy (non-hydrogen) atoms. The van der Waals surface area contributed by atoms with Crippen molar-refractivity contribution in [2.45, 2.75) is 32.7 Å². The third-order valence-electron chi connectivity index (χ3n) is 2.10. The van der Waals surface area contributed by atoms with E-state index in [4.69, 9.17) is 33.8 Å². The predicted molar refractivity (Wildman–Crippen MR) is 67.5 cm³/mol. The number of nitrogens with zero attached hydrogens (tertiary/aromatic N) is 1. The van der Waals surface area contributed by atoms with Crippen LogP contribution in [0, 0.1) is 0 Å². The number of allylic oxidation sites excluding steroid dienone is 1. The molecule has 0 saturated carbocycles. The maximum absolute atomic E-state index is 5.15. The average molecular weight is 340 g/mol. The first-order chi connectivity index (χ1) is 7.47. The van der Waals surface area contributed by atoms with Crippen LogP contribution in [0.15, 0.2) is 5.57 Å². The average Bonchev–Trinajstić information content (AvgIpc) is 2.51. The summed E-state index contributed by atoms with van der Waals surface area (Å²) in [5.41, 5.74) is 1.25. The summed E-state index contributed by atoms with van der Waals surface area (Å²) in [7, 11) is 16.8. The molecule has 1 aliphatic heterocycles. The standard InChI is InChI=1S/C10H18NO.3ClH.Zn/c1-9(2)7-11-6-4-5-10(11)8-12-3;;;;/h10H,4-6,8H2,1-3H3;3*1H;/q+1;;;;+2/p-3/t10-;;;;/m0..../s1. The first-order valence-electron chi connectivity index (χ1n) is 5.36. The van der Waals surface area contributed by atoms with Crippen molar-refractivity contribution in [2.75, 3.05) is 20.3 Å². The van der Waals surface area contributed by atoms with Crippen LogP contribution in [0.3, 0.4) is 0 Å². The summed E-state index contributed by atoms with van der Waals surface area (Å²) in [6.45, 7) is 6.14. The van der Waals surface area contributed by atoms with Crippen molar-refractivity contribution < 1.29 is 22.3 Å². The molecule has 1 saturated heterocycles. The summed E-state index contributed by atoms with van der Waals surface area (Å²) in [5, 5.41) is 0. The van der Waals surface area contributed by atoms with Gasteiger partial charge in [0, 0.05) is 25.5 Å². The Labute approximate surface area is 115 Å². The predicted octanol–water partition coefficient (Wildman–Crippen LogP) is 3.51. The molecule has 0 aromatic heterocycles. The Morgan fingerprint density at radius 3 is 2.44 bits per heavy atom. The Kier molecular flexibility index (Phi) is 10.4. The summed E-state index contributed by atoms with van der Waals surface area (Å²) >= 11 is -2.21. The molecule has 92 valence electrons. The van der Waals surface area contributed by atoms with E-state index in [-0.39, 0.29) is 0 Å². The van der Waals surface area contributed by atoms with Gasteiger partial charge < -0.3 is 4.74 Å². The van der Waals surface area contributed by atoms with Crippen LogP contribution in [-0.2, 0) is 17.7 Å². The first kappa shape index (κ1) is 16.9. The summed E-state index contributed by atoms with van der Waals surface area (Å²) in [5.74, 6) is 3.35. The number of rotatable bonds is 2. The van der Waals surface area contributed by atoms with Crippen LogP contribution in [0.25, 0.3) is 0 Å². The van der Waals surface area contributed by atoms with Crippen LogP contribution < -0.4 is 0 Å². The zero-order chi connectivity index (χ0) is 12.6. The van der Waals surface area contributed by atoms with E-state index in [0.717, 1.165) is 13.2 Å². The molecule has 6 heteroatoms. The van der Waals surface area contributed by atoms with Gasteiger partial charge in [-0.15, -0.1) is 0 Å². The molecule has 1 aliphatic rings. The molecule has 0 aliphatic carbocycles. The quantitative estimate of drug-likeness (QED) is 0.554. The second kappa shape index (κ2) is 9.89. The van der Waals surface area contributed by atoms with Crippen molar-refractivity contribution in [1.29, 1.82) is 0 Å². The molecule has 1 rings (SSSR count).